The fourth-order valence-corrected chi connectivity index (χ4v) is 2.56. The maximum atomic E-state index is 12.8. The van der Waals surface area contributed by atoms with E-state index in [0.29, 0.717) is 22.5 Å². The number of nitro benzene ring substituents is 1. The van der Waals surface area contributed by atoms with Crippen LogP contribution < -0.4 is 10.2 Å². The van der Waals surface area contributed by atoms with Crippen molar-refractivity contribution in [2.24, 2.45) is 0 Å². The molecule has 0 aliphatic carbocycles. The molecule has 2 aromatic carbocycles. The fraction of sp³-hybridized carbons (Fsp3) is 0.125. The molecule has 3 rings (SSSR count). The first-order chi connectivity index (χ1) is 11.0. The molecule has 2 amide bonds. The van der Waals surface area contributed by atoms with Crippen LogP contribution in [0.5, 0.6) is 0 Å². The van der Waals surface area contributed by atoms with Gasteiger partial charge in [-0.25, -0.2) is 0 Å². The van der Waals surface area contributed by atoms with Crippen molar-refractivity contribution in [3.05, 3.63) is 63.7 Å². The smallest absolute Gasteiger partial charge is 0.269 e. The van der Waals surface area contributed by atoms with Gasteiger partial charge in [-0.1, -0.05) is 12.1 Å². The molecule has 7 heteroatoms. The lowest BCUT2D eigenvalue weighted by Crippen LogP contribution is -2.42. The number of aryl methyl sites for hydroxylation is 1. The summed E-state index contributed by atoms with van der Waals surface area (Å²) in [5.41, 5.74) is 1.93. The zero-order valence-corrected chi connectivity index (χ0v) is 12.3. The third-order valence-electron chi connectivity index (χ3n) is 3.67. The second kappa shape index (κ2) is 5.53. The van der Waals surface area contributed by atoms with Gasteiger partial charge in [0.15, 0.2) is 0 Å². The monoisotopic (exact) mass is 311 g/mol. The molecule has 1 aliphatic rings. The number of rotatable bonds is 2. The minimum Gasteiger partial charge on any atom is -0.323 e. The average molecular weight is 311 g/mol. The molecule has 0 spiro atoms. The summed E-state index contributed by atoms with van der Waals surface area (Å²) in [6, 6.07) is 11.1. The maximum absolute atomic E-state index is 12.8. The van der Waals surface area contributed by atoms with Crippen LogP contribution >= 0.6 is 0 Å². The number of para-hydroxylation sites is 2. The van der Waals surface area contributed by atoms with E-state index in [1.54, 1.807) is 31.2 Å². The van der Waals surface area contributed by atoms with Crippen molar-refractivity contribution < 1.29 is 14.5 Å². The quantitative estimate of drug-likeness (QED) is 0.681. The van der Waals surface area contributed by atoms with Crippen molar-refractivity contribution in [1.82, 2.24) is 0 Å². The van der Waals surface area contributed by atoms with E-state index in [0.717, 1.165) is 0 Å². The number of non-ortho nitro benzene ring substituents is 1. The molecule has 1 N–H and O–H groups in total. The van der Waals surface area contributed by atoms with Crippen molar-refractivity contribution in [2.45, 2.75) is 6.92 Å². The normalized spacial score (nSPS) is 13.3. The number of anilines is 2. The molecule has 0 unspecified atom stereocenters. The fourth-order valence-electron chi connectivity index (χ4n) is 2.56. The lowest BCUT2D eigenvalue weighted by Gasteiger charge is -2.29. The topological polar surface area (TPSA) is 92.6 Å². The van der Waals surface area contributed by atoms with Gasteiger partial charge in [0.1, 0.15) is 6.54 Å². The number of carbonyl (C=O) groups excluding carboxylic acids is 2. The summed E-state index contributed by atoms with van der Waals surface area (Å²) < 4.78 is 0. The Hall–Kier alpha value is -3.22. The van der Waals surface area contributed by atoms with Crippen molar-refractivity contribution >= 4 is 28.9 Å². The van der Waals surface area contributed by atoms with Gasteiger partial charge in [0.05, 0.1) is 16.3 Å². The second-order valence-electron chi connectivity index (χ2n) is 5.21. The van der Waals surface area contributed by atoms with E-state index < -0.39 is 4.92 Å². The summed E-state index contributed by atoms with van der Waals surface area (Å²) in [4.78, 5) is 36.3. The molecule has 0 bridgehead atoms. The predicted molar refractivity (Wildman–Crippen MR) is 84.6 cm³/mol. The SMILES string of the molecule is Cc1cc([N+](=O)[O-])ccc1C(=O)N1CC(=O)Nc2ccccc21. The highest BCUT2D eigenvalue weighted by atomic mass is 16.6. The van der Waals surface area contributed by atoms with Crippen molar-refractivity contribution in [3.63, 3.8) is 0 Å². The highest BCUT2D eigenvalue weighted by molar-refractivity contribution is 6.15. The van der Waals surface area contributed by atoms with Crippen molar-refractivity contribution in [2.75, 3.05) is 16.8 Å². The summed E-state index contributed by atoms with van der Waals surface area (Å²) in [5.74, 6) is -0.642. The van der Waals surface area contributed by atoms with Gasteiger partial charge in [-0.05, 0) is 30.7 Å². The zero-order chi connectivity index (χ0) is 16.6. The Balaban J connectivity index is 2.01. The molecule has 0 radical (unpaired) electrons. The molecule has 116 valence electrons. The van der Waals surface area contributed by atoms with Crippen LogP contribution in [0.3, 0.4) is 0 Å². The second-order valence-corrected chi connectivity index (χ2v) is 5.21. The van der Waals surface area contributed by atoms with Crippen LogP contribution in [0.4, 0.5) is 17.1 Å². The standard InChI is InChI=1S/C16H13N3O4/c1-10-8-11(19(22)23)6-7-12(10)16(21)18-9-15(20)17-13-4-2-3-5-14(13)18/h2-8H,9H2,1H3,(H,17,20). The number of amides is 2. The van der Waals surface area contributed by atoms with Gasteiger partial charge >= 0.3 is 0 Å². The lowest BCUT2D eigenvalue weighted by molar-refractivity contribution is -0.384. The van der Waals surface area contributed by atoms with Crippen LogP contribution in [0.1, 0.15) is 15.9 Å². The van der Waals surface area contributed by atoms with Crippen LogP contribution in [-0.2, 0) is 4.79 Å². The molecule has 7 nitrogen and oxygen atoms in total. The molecule has 1 heterocycles. The number of nitrogens with one attached hydrogen (secondary N) is 1. The predicted octanol–water partition coefficient (Wildman–Crippen LogP) is 2.50. The molecule has 2 aromatic rings. The molecule has 0 saturated carbocycles. The summed E-state index contributed by atoms with van der Waals surface area (Å²) in [5, 5.41) is 13.5. The van der Waals surface area contributed by atoms with Crippen LogP contribution in [0.15, 0.2) is 42.5 Å². The van der Waals surface area contributed by atoms with Crippen LogP contribution in [0.2, 0.25) is 0 Å². The first-order valence-corrected chi connectivity index (χ1v) is 6.93. The number of carbonyl (C=O) groups is 2. The molecule has 23 heavy (non-hydrogen) atoms. The number of hydrogen-bond acceptors (Lipinski definition) is 4. The number of nitro groups is 1. The third kappa shape index (κ3) is 2.64. The van der Waals surface area contributed by atoms with E-state index in [4.69, 9.17) is 0 Å². The average Bonchev–Trinajstić information content (AvgIpc) is 2.53. The van der Waals surface area contributed by atoms with E-state index in [2.05, 4.69) is 5.32 Å². The Labute approximate surface area is 131 Å². The Morgan fingerprint density at radius 1 is 1.26 bits per heavy atom. The van der Waals surface area contributed by atoms with Crippen LogP contribution in [-0.4, -0.2) is 23.3 Å². The minimum absolute atomic E-state index is 0.0733. The van der Waals surface area contributed by atoms with Crippen molar-refractivity contribution in [1.29, 1.82) is 0 Å². The van der Waals surface area contributed by atoms with Gasteiger partial charge < -0.3 is 5.32 Å². The number of benzene rings is 2. The highest BCUT2D eigenvalue weighted by Crippen LogP contribution is 2.30. The Morgan fingerprint density at radius 2 is 2.00 bits per heavy atom. The third-order valence-corrected chi connectivity index (χ3v) is 3.67. The summed E-state index contributed by atoms with van der Waals surface area (Å²) in [7, 11) is 0. The maximum Gasteiger partial charge on any atom is 0.269 e. The number of hydrogen-bond donors (Lipinski definition) is 1. The van der Waals surface area contributed by atoms with Gasteiger partial charge in [0.25, 0.3) is 11.6 Å². The Kier molecular flexibility index (Phi) is 3.53. The van der Waals surface area contributed by atoms with Gasteiger partial charge in [-0.2, -0.15) is 0 Å². The Bertz CT molecular complexity index is 832. The Morgan fingerprint density at radius 3 is 2.70 bits per heavy atom. The number of nitrogens with zero attached hydrogens (tertiary/aromatic N) is 2. The van der Waals surface area contributed by atoms with Gasteiger partial charge in [0.2, 0.25) is 5.91 Å². The summed E-state index contributed by atoms with van der Waals surface area (Å²) in [6.07, 6.45) is 0. The van der Waals surface area contributed by atoms with E-state index in [9.17, 15) is 19.7 Å². The highest BCUT2D eigenvalue weighted by Gasteiger charge is 2.28. The number of fused-ring (bicyclic) bond motifs is 1. The van der Waals surface area contributed by atoms with Gasteiger partial charge in [-0.15, -0.1) is 0 Å². The molecule has 0 atom stereocenters. The molecule has 1 aliphatic heterocycles. The first-order valence-electron chi connectivity index (χ1n) is 6.93. The summed E-state index contributed by atoms with van der Waals surface area (Å²) >= 11 is 0. The molecular formula is C16H13N3O4. The molecule has 0 saturated heterocycles. The summed E-state index contributed by atoms with van der Waals surface area (Å²) in [6.45, 7) is 1.54. The van der Waals surface area contributed by atoms with E-state index >= 15 is 0 Å². The largest absolute Gasteiger partial charge is 0.323 e. The van der Waals surface area contributed by atoms with Gasteiger partial charge in [0, 0.05) is 17.7 Å². The molecule has 0 fully saturated rings. The molecule has 0 aromatic heterocycles. The minimum atomic E-state index is -0.509. The first kappa shape index (κ1) is 14.7. The van der Waals surface area contributed by atoms with Gasteiger partial charge in [-0.3, -0.25) is 24.6 Å². The van der Waals surface area contributed by atoms with Crippen LogP contribution in [0, 0.1) is 17.0 Å². The molecular weight excluding hydrogens is 298 g/mol. The lowest BCUT2D eigenvalue weighted by atomic mass is 10.1. The van der Waals surface area contributed by atoms with E-state index in [1.165, 1.54) is 23.1 Å². The van der Waals surface area contributed by atoms with Crippen LogP contribution in [0.25, 0.3) is 0 Å². The zero-order valence-electron chi connectivity index (χ0n) is 12.3. The van der Waals surface area contributed by atoms with E-state index in [1.807, 2.05) is 0 Å². The van der Waals surface area contributed by atoms with E-state index in [-0.39, 0.29) is 24.0 Å². The van der Waals surface area contributed by atoms with Crippen molar-refractivity contribution in [3.8, 4) is 0 Å².